The van der Waals surface area contributed by atoms with Crippen molar-refractivity contribution >= 4 is 23.1 Å². The number of hydrogen-bond acceptors (Lipinski definition) is 1. The minimum Gasteiger partial charge on any atom is -0.309 e. The Labute approximate surface area is 151 Å². The minimum atomic E-state index is -2.84. The molecule has 0 N–H and O–H groups in total. The second kappa shape index (κ2) is 7.85. The Morgan fingerprint density at radius 1 is 0.720 bits per heavy atom. The summed E-state index contributed by atoms with van der Waals surface area (Å²) in [6.45, 7) is 4.47. The van der Waals surface area contributed by atoms with Gasteiger partial charge < -0.3 is 4.57 Å². The molecule has 0 fully saturated rings. The molecule has 3 rings (SSSR count). The smallest absolute Gasteiger partial charge is 0.171 e. The lowest BCUT2D eigenvalue weighted by Gasteiger charge is -2.21. The summed E-state index contributed by atoms with van der Waals surface area (Å²) in [4.78, 5) is 0. The summed E-state index contributed by atoms with van der Waals surface area (Å²) in [5, 5.41) is 2.67. The van der Waals surface area contributed by atoms with Crippen LogP contribution in [0.5, 0.6) is 0 Å². The van der Waals surface area contributed by atoms with E-state index in [9.17, 15) is 4.57 Å². The molecule has 25 heavy (non-hydrogen) atoms. The van der Waals surface area contributed by atoms with E-state index in [1.807, 2.05) is 60.7 Å². The summed E-state index contributed by atoms with van der Waals surface area (Å²) in [6, 6.07) is 28.1. The van der Waals surface area contributed by atoms with Crippen molar-refractivity contribution < 1.29 is 4.57 Å². The Hall–Kier alpha value is -2.11. The molecule has 1 unspecified atom stereocenters. The third-order valence-corrected chi connectivity index (χ3v) is 7.86. The summed E-state index contributed by atoms with van der Waals surface area (Å²) in [6.07, 6.45) is 2.35. The van der Waals surface area contributed by atoms with Crippen LogP contribution >= 0.6 is 7.14 Å². The van der Waals surface area contributed by atoms with E-state index in [0.29, 0.717) is 5.92 Å². The van der Waals surface area contributed by atoms with Crippen LogP contribution < -0.4 is 15.9 Å². The molecule has 128 valence electrons. The molecule has 3 aromatic rings. The molecule has 0 saturated carbocycles. The fourth-order valence-corrected chi connectivity index (χ4v) is 5.98. The van der Waals surface area contributed by atoms with Gasteiger partial charge in [0.05, 0.1) is 0 Å². The van der Waals surface area contributed by atoms with E-state index in [2.05, 4.69) is 38.1 Å². The highest BCUT2D eigenvalue weighted by molar-refractivity contribution is 7.85. The van der Waals surface area contributed by atoms with Crippen LogP contribution in [0.3, 0.4) is 0 Å². The maximum Gasteiger partial charge on any atom is 0.171 e. The topological polar surface area (TPSA) is 17.1 Å². The average Bonchev–Trinajstić information content (AvgIpc) is 2.69. The third-order valence-electron chi connectivity index (χ3n) is 4.79. The average molecular weight is 348 g/mol. The molecule has 0 radical (unpaired) electrons. The maximum atomic E-state index is 14.2. The van der Waals surface area contributed by atoms with E-state index < -0.39 is 7.14 Å². The predicted octanol–water partition coefficient (Wildman–Crippen LogP) is 5.23. The quantitative estimate of drug-likeness (QED) is 0.558. The van der Waals surface area contributed by atoms with Gasteiger partial charge in [0, 0.05) is 15.9 Å². The molecule has 0 heterocycles. The zero-order valence-corrected chi connectivity index (χ0v) is 15.8. The molecule has 0 amide bonds. The van der Waals surface area contributed by atoms with Gasteiger partial charge >= 0.3 is 0 Å². The van der Waals surface area contributed by atoms with Crippen molar-refractivity contribution in [3.63, 3.8) is 0 Å². The summed E-state index contributed by atoms with van der Waals surface area (Å²) >= 11 is 0. The molecule has 2 heteroatoms. The molecule has 0 aromatic heterocycles. The van der Waals surface area contributed by atoms with Crippen LogP contribution in [0.25, 0.3) is 0 Å². The van der Waals surface area contributed by atoms with Gasteiger partial charge in [0.2, 0.25) is 0 Å². The molecule has 0 aliphatic carbocycles. The zero-order valence-electron chi connectivity index (χ0n) is 14.9. The monoisotopic (exact) mass is 348 g/mol. The molecule has 1 atom stereocenters. The number of benzene rings is 3. The Morgan fingerprint density at radius 3 is 1.60 bits per heavy atom. The van der Waals surface area contributed by atoms with Gasteiger partial charge in [-0.3, -0.25) is 0 Å². The maximum absolute atomic E-state index is 14.2. The fourth-order valence-electron chi connectivity index (χ4n) is 3.34. The van der Waals surface area contributed by atoms with Gasteiger partial charge in [-0.05, 0) is 17.9 Å². The standard InChI is InChI=1S/C23H25OP/c1-3-10-19(2)20-15-17-23(18-16-20)25(24,21-11-6-4-7-12-21)22-13-8-5-9-14-22/h4-9,11-19H,3,10H2,1-2H3. The first-order valence-electron chi connectivity index (χ1n) is 8.98. The van der Waals surface area contributed by atoms with Crippen molar-refractivity contribution in [1.82, 2.24) is 0 Å². The van der Waals surface area contributed by atoms with Crippen LogP contribution in [0.4, 0.5) is 0 Å². The van der Waals surface area contributed by atoms with Gasteiger partial charge in [-0.2, -0.15) is 0 Å². The molecule has 3 aromatic carbocycles. The van der Waals surface area contributed by atoms with Gasteiger partial charge in [-0.1, -0.05) is 105 Å². The van der Waals surface area contributed by atoms with Crippen molar-refractivity contribution in [1.29, 1.82) is 0 Å². The fraction of sp³-hybridized carbons (Fsp3) is 0.217. The van der Waals surface area contributed by atoms with E-state index in [4.69, 9.17) is 0 Å². The third kappa shape index (κ3) is 3.62. The van der Waals surface area contributed by atoms with Gasteiger partial charge in [-0.15, -0.1) is 0 Å². The normalized spacial score (nSPS) is 12.7. The van der Waals surface area contributed by atoms with E-state index in [0.717, 1.165) is 15.9 Å². The van der Waals surface area contributed by atoms with Crippen LogP contribution in [-0.2, 0) is 4.57 Å². The van der Waals surface area contributed by atoms with Crippen LogP contribution in [0, 0.1) is 0 Å². The summed E-state index contributed by atoms with van der Waals surface area (Å²) in [5.74, 6) is 0.534. The Balaban J connectivity index is 2.09. The highest BCUT2D eigenvalue weighted by Crippen LogP contribution is 2.42. The molecule has 0 aliphatic heterocycles. The lowest BCUT2D eigenvalue weighted by molar-refractivity contribution is 0.592. The molecule has 1 nitrogen and oxygen atoms in total. The molecular weight excluding hydrogens is 323 g/mol. The van der Waals surface area contributed by atoms with E-state index >= 15 is 0 Å². The number of rotatable bonds is 6. The second-order valence-corrected chi connectivity index (χ2v) is 9.33. The summed E-state index contributed by atoms with van der Waals surface area (Å²) in [7, 11) is -2.84. The highest BCUT2D eigenvalue weighted by Gasteiger charge is 2.29. The zero-order chi connectivity index (χ0) is 17.7. The van der Waals surface area contributed by atoms with Crippen molar-refractivity contribution in [2.75, 3.05) is 0 Å². The molecule has 0 bridgehead atoms. The molecular formula is C23H25OP. The van der Waals surface area contributed by atoms with Crippen molar-refractivity contribution in [3.05, 3.63) is 90.5 Å². The Bertz CT molecular complexity index is 795. The lowest BCUT2D eigenvalue weighted by Crippen LogP contribution is -2.25. The lowest BCUT2D eigenvalue weighted by atomic mass is 9.97. The number of hydrogen-bond donors (Lipinski definition) is 0. The van der Waals surface area contributed by atoms with Gasteiger partial charge in [0.25, 0.3) is 0 Å². The van der Waals surface area contributed by atoms with E-state index in [-0.39, 0.29) is 0 Å². The van der Waals surface area contributed by atoms with Crippen molar-refractivity contribution in [2.24, 2.45) is 0 Å². The second-order valence-electron chi connectivity index (χ2n) is 6.56. The Morgan fingerprint density at radius 2 is 1.16 bits per heavy atom. The molecule has 0 aliphatic rings. The summed E-state index contributed by atoms with van der Waals surface area (Å²) in [5.41, 5.74) is 1.32. The first kappa shape index (κ1) is 17.7. The van der Waals surface area contributed by atoms with E-state index in [1.165, 1.54) is 18.4 Å². The van der Waals surface area contributed by atoms with Gasteiger partial charge in [-0.25, -0.2) is 0 Å². The van der Waals surface area contributed by atoms with Crippen molar-refractivity contribution in [2.45, 2.75) is 32.6 Å². The molecule has 0 spiro atoms. The summed E-state index contributed by atoms with van der Waals surface area (Å²) < 4.78 is 14.2. The van der Waals surface area contributed by atoms with Crippen molar-refractivity contribution in [3.8, 4) is 0 Å². The van der Waals surface area contributed by atoms with Crippen LogP contribution in [0.15, 0.2) is 84.9 Å². The van der Waals surface area contributed by atoms with Crippen LogP contribution in [0.2, 0.25) is 0 Å². The largest absolute Gasteiger partial charge is 0.309 e. The SMILES string of the molecule is CCCC(C)c1ccc(P(=O)(c2ccccc2)c2ccccc2)cc1. The Kier molecular flexibility index (Phi) is 5.56. The van der Waals surface area contributed by atoms with Gasteiger partial charge in [0.15, 0.2) is 7.14 Å². The van der Waals surface area contributed by atoms with E-state index in [1.54, 1.807) is 0 Å². The first-order chi connectivity index (χ1) is 12.2. The van der Waals surface area contributed by atoms with Crippen LogP contribution in [0.1, 0.15) is 38.2 Å². The van der Waals surface area contributed by atoms with Gasteiger partial charge in [0.1, 0.15) is 0 Å². The highest BCUT2D eigenvalue weighted by atomic mass is 31.2. The van der Waals surface area contributed by atoms with Crippen LogP contribution in [-0.4, -0.2) is 0 Å². The predicted molar refractivity (Wildman–Crippen MR) is 109 cm³/mol. The minimum absolute atomic E-state index is 0.534. The first-order valence-corrected chi connectivity index (χ1v) is 10.7. The molecule has 0 saturated heterocycles.